The van der Waals surface area contributed by atoms with Gasteiger partial charge in [-0.2, -0.15) is 0 Å². The van der Waals surface area contributed by atoms with Crippen molar-refractivity contribution in [1.82, 2.24) is 9.88 Å². The smallest absolute Gasteiger partial charge is 0.411 e. The molecule has 0 aliphatic carbocycles. The first-order valence-corrected chi connectivity index (χ1v) is 13.4. The summed E-state index contributed by atoms with van der Waals surface area (Å²) in [5.74, 6) is 0.751. The largest absolute Gasteiger partial charge is 0.489 e. The number of benzene rings is 2. The number of methoxy groups -OCH3 is 1. The zero-order chi connectivity index (χ0) is 27.9. The fourth-order valence-electron chi connectivity index (χ4n) is 5.36. The molecule has 8 nitrogen and oxygen atoms in total. The lowest BCUT2D eigenvalue weighted by Crippen LogP contribution is -2.46. The van der Waals surface area contributed by atoms with Gasteiger partial charge in [-0.15, -0.1) is 11.6 Å². The third-order valence-corrected chi connectivity index (χ3v) is 7.42. The third-order valence-electron chi connectivity index (χ3n) is 7.05. The molecule has 1 saturated heterocycles. The number of aromatic nitrogens is 1. The number of hydrogen-bond donors (Lipinski definition) is 0. The van der Waals surface area contributed by atoms with Crippen molar-refractivity contribution >= 4 is 34.6 Å². The second-order valence-electron chi connectivity index (χ2n) is 11.2. The number of hydrogen-bond acceptors (Lipinski definition) is 7. The van der Waals surface area contributed by atoms with Crippen LogP contribution < -0.4 is 9.47 Å². The minimum atomic E-state index is -0.892. The van der Waals surface area contributed by atoms with Crippen LogP contribution in [-0.4, -0.2) is 52.8 Å². The van der Waals surface area contributed by atoms with Crippen LogP contribution in [0.3, 0.4) is 0 Å². The van der Waals surface area contributed by atoms with Crippen LogP contribution in [0, 0.1) is 6.92 Å². The summed E-state index contributed by atoms with van der Waals surface area (Å²) in [6.45, 7) is 7.80. The quantitative estimate of drug-likeness (QED) is 0.285. The first-order chi connectivity index (χ1) is 18.5. The Bertz CT molecular complexity index is 1410. The Labute approximate surface area is 233 Å². The van der Waals surface area contributed by atoms with Crippen LogP contribution in [0.25, 0.3) is 10.9 Å². The summed E-state index contributed by atoms with van der Waals surface area (Å²) in [7, 11) is 1.31. The summed E-state index contributed by atoms with van der Waals surface area (Å²) in [6.07, 6.45) is 0.0326. The van der Waals surface area contributed by atoms with Crippen molar-refractivity contribution in [3.8, 4) is 11.5 Å². The highest BCUT2D eigenvalue weighted by molar-refractivity contribution is 6.22. The van der Waals surface area contributed by atoms with Gasteiger partial charge in [0, 0.05) is 23.8 Å². The molecule has 1 fully saturated rings. The summed E-state index contributed by atoms with van der Waals surface area (Å²) in [4.78, 5) is 31.9. The normalized spacial score (nSPS) is 22.4. The van der Waals surface area contributed by atoms with E-state index in [1.54, 1.807) is 20.8 Å². The van der Waals surface area contributed by atoms with E-state index in [1.807, 2.05) is 55.5 Å². The summed E-state index contributed by atoms with van der Waals surface area (Å²) < 4.78 is 23.3. The van der Waals surface area contributed by atoms with Crippen molar-refractivity contribution in [3.63, 3.8) is 0 Å². The number of halogens is 1. The van der Waals surface area contributed by atoms with Crippen LogP contribution in [0.15, 0.2) is 48.5 Å². The summed E-state index contributed by atoms with van der Waals surface area (Å²) in [6, 6.07) is 14.9. The van der Waals surface area contributed by atoms with E-state index in [9.17, 15) is 9.59 Å². The number of carbonyl (C=O) groups excluding carboxylic acids is 2. The maximum Gasteiger partial charge on any atom is 0.411 e. The van der Waals surface area contributed by atoms with Gasteiger partial charge in [-0.25, -0.2) is 14.6 Å². The van der Waals surface area contributed by atoms with Crippen LogP contribution in [-0.2, 0) is 20.9 Å². The minimum absolute atomic E-state index is 0.141. The van der Waals surface area contributed by atoms with E-state index in [-0.39, 0.29) is 13.0 Å². The molecule has 2 unspecified atom stereocenters. The van der Waals surface area contributed by atoms with Crippen LogP contribution >= 0.6 is 11.6 Å². The molecular weight excluding hydrogens is 520 g/mol. The van der Waals surface area contributed by atoms with E-state index in [1.165, 1.54) is 12.0 Å². The fourth-order valence-corrected chi connectivity index (χ4v) is 5.86. The molecule has 5 rings (SSSR count). The van der Waals surface area contributed by atoms with E-state index in [2.05, 4.69) is 0 Å². The van der Waals surface area contributed by atoms with Crippen molar-refractivity contribution in [3.05, 3.63) is 65.4 Å². The Kier molecular flexibility index (Phi) is 7.10. The molecule has 0 saturated carbocycles. The van der Waals surface area contributed by atoms with Crippen molar-refractivity contribution < 1.29 is 28.5 Å². The number of esters is 1. The highest BCUT2D eigenvalue weighted by Crippen LogP contribution is 2.51. The van der Waals surface area contributed by atoms with Crippen LogP contribution in [0.2, 0.25) is 0 Å². The highest BCUT2D eigenvalue weighted by Gasteiger charge is 2.55. The van der Waals surface area contributed by atoms with Gasteiger partial charge in [-0.3, -0.25) is 4.90 Å². The van der Waals surface area contributed by atoms with Crippen molar-refractivity contribution in [2.24, 2.45) is 0 Å². The molecule has 3 aromatic rings. The highest BCUT2D eigenvalue weighted by atomic mass is 35.5. The number of alkyl halides is 1. The van der Waals surface area contributed by atoms with Crippen LogP contribution in [0.1, 0.15) is 55.8 Å². The second kappa shape index (κ2) is 10.2. The Morgan fingerprint density at radius 1 is 1.15 bits per heavy atom. The maximum atomic E-state index is 13.1. The average molecular weight is 553 g/mol. The lowest BCUT2D eigenvalue weighted by molar-refractivity contribution is -0.145. The molecular formula is C30H33ClN2O6. The monoisotopic (exact) mass is 552 g/mol. The number of likely N-dealkylation sites (tertiary alicyclic amines) is 1. The number of aryl methyl sites for hydroxylation is 1. The second-order valence-corrected chi connectivity index (χ2v) is 11.7. The lowest BCUT2D eigenvalue weighted by Gasteiger charge is -2.38. The van der Waals surface area contributed by atoms with E-state index >= 15 is 0 Å². The van der Waals surface area contributed by atoms with Crippen LogP contribution in [0.5, 0.6) is 11.5 Å². The van der Waals surface area contributed by atoms with Gasteiger partial charge in [-0.1, -0.05) is 30.3 Å². The maximum absolute atomic E-state index is 13.1. The van der Waals surface area contributed by atoms with Gasteiger partial charge in [0.15, 0.2) is 0 Å². The van der Waals surface area contributed by atoms with Crippen LogP contribution in [0.4, 0.5) is 4.79 Å². The van der Waals surface area contributed by atoms with E-state index < -0.39 is 34.7 Å². The Morgan fingerprint density at radius 2 is 1.90 bits per heavy atom. The van der Waals surface area contributed by atoms with Gasteiger partial charge in [-0.05, 0) is 51.5 Å². The molecule has 2 aliphatic heterocycles. The molecule has 0 radical (unpaired) electrons. The number of nitrogens with zero attached hydrogens (tertiary/aromatic N) is 2. The topological polar surface area (TPSA) is 87.2 Å². The number of fused-ring (bicyclic) bond motifs is 3. The van der Waals surface area contributed by atoms with E-state index in [0.717, 1.165) is 22.0 Å². The average Bonchev–Trinajstić information content (AvgIpc) is 3.25. The van der Waals surface area contributed by atoms with Gasteiger partial charge in [0.25, 0.3) is 0 Å². The van der Waals surface area contributed by atoms with Crippen molar-refractivity contribution in [1.29, 1.82) is 0 Å². The third kappa shape index (κ3) is 5.48. The molecule has 1 spiro atoms. The summed E-state index contributed by atoms with van der Waals surface area (Å²) in [5.41, 5.74) is 1.76. The van der Waals surface area contributed by atoms with Gasteiger partial charge >= 0.3 is 12.1 Å². The van der Waals surface area contributed by atoms with E-state index in [0.29, 0.717) is 30.2 Å². The first-order valence-electron chi connectivity index (χ1n) is 13.0. The predicted octanol–water partition coefficient (Wildman–Crippen LogP) is 6.11. The molecule has 3 atom stereocenters. The Balaban J connectivity index is 1.47. The zero-order valence-electron chi connectivity index (χ0n) is 22.8. The molecule has 3 heterocycles. The van der Waals surface area contributed by atoms with Gasteiger partial charge in [0.1, 0.15) is 35.3 Å². The first kappa shape index (κ1) is 27.1. The molecule has 2 aromatic carbocycles. The minimum Gasteiger partial charge on any atom is -0.489 e. The number of carbonyl (C=O) groups is 2. The van der Waals surface area contributed by atoms with Crippen molar-refractivity contribution in [2.45, 2.75) is 69.8 Å². The molecule has 206 valence electrons. The van der Waals surface area contributed by atoms with E-state index in [4.69, 9.17) is 35.5 Å². The predicted molar refractivity (Wildman–Crippen MR) is 147 cm³/mol. The lowest BCUT2D eigenvalue weighted by atomic mass is 9.87. The SMILES string of the molecule is COC(=O)[C@@H]1CC2(CC(Cl)c3c(c(C)nc4ccc(OCc5ccccc5)cc34)O2)CN1C(=O)OC(C)(C)C. The molecule has 2 aliphatic rings. The Morgan fingerprint density at radius 3 is 2.59 bits per heavy atom. The molecule has 0 N–H and O–H groups in total. The zero-order valence-corrected chi connectivity index (χ0v) is 23.6. The summed E-state index contributed by atoms with van der Waals surface area (Å²) >= 11 is 7.09. The Hall–Kier alpha value is -3.52. The molecule has 1 amide bonds. The number of rotatable bonds is 4. The summed E-state index contributed by atoms with van der Waals surface area (Å²) in [5, 5.41) is 0.404. The molecule has 0 bridgehead atoms. The van der Waals surface area contributed by atoms with Gasteiger partial charge < -0.3 is 18.9 Å². The molecule has 9 heteroatoms. The van der Waals surface area contributed by atoms with Crippen molar-refractivity contribution in [2.75, 3.05) is 13.7 Å². The number of ether oxygens (including phenoxy) is 4. The molecule has 1 aromatic heterocycles. The van der Waals surface area contributed by atoms with Gasteiger partial charge in [0.05, 0.1) is 30.2 Å². The molecule has 39 heavy (non-hydrogen) atoms. The number of amides is 1. The standard InChI is InChI=1S/C30H33ClN2O6/c1-18-26-25(21-13-20(11-12-23(21)32-18)37-16-19-9-7-6-8-10-19)22(31)14-30(38-26)15-24(27(34)36-5)33(17-30)28(35)39-29(2,3)4/h6-13,22,24H,14-17H2,1-5H3/t22?,24-,30?/m0/s1. The fraction of sp³-hybridized carbons (Fsp3) is 0.433. The van der Waals surface area contributed by atoms with Gasteiger partial charge in [0.2, 0.25) is 0 Å². The number of pyridine rings is 1.